The highest BCUT2D eigenvalue weighted by atomic mass is 16.5. The van der Waals surface area contributed by atoms with Crippen LogP contribution in [0, 0.1) is 0 Å². The van der Waals surface area contributed by atoms with Crippen LogP contribution in [0.4, 0.5) is 4.79 Å². The maximum Gasteiger partial charge on any atom is 0.339 e. The van der Waals surface area contributed by atoms with Gasteiger partial charge in [0.1, 0.15) is 0 Å². The Morgan fingerprint density at radius 3 is 2.22 bits per heavy atom. The third kappa shape index (κ3) is 7.04. The van der Waals surface area contributed by atoms with Crippen molar-refractivity contribution in [2.24, 2.45) is 5.73 Å². The second-order valence-electron chi connectivity index (χ2n) is 2.91. The topological polar surface area (TPSA) is 108 Å². The quantitative estimate of drug-likeness (QED) is 0.401. The fourth-order valence-electron chi connectivity index (χ4n) is 0.887. The summed E-state index contributed by atoms with van der Waals surface area (Å²) in [4.78, 5) is 33.0. The molecule has 7 nitrogen and oxygen atoms in total. The van der Waals surface area contributed by atoms with E-state index in [1.165, 1.54) is 6.08 Å². The fraction of sp³-hybridized carbons (Fsp3) is 0.364. The van der Waals surface area contributed by atoms with E-state index in [1.807, 2.05) is 0 Å². The third-order valence-corrected chi connectivity index (χ3v) is 1.57. The molecule has 0 aliphatic rings. The standard InChI is InChI=1S/C11H16N2O5/c1-3-17-9(14)6-5-8(7-13-11(12)16)10(15)18-4-2/h5-7H,3-4H2,1-2H3,(H3,12,13,16)/b6-5+,8-7?. The van der Waals surface area contributed by atoms with Crippen molar-refractivity contribution in [2.75, 3.05) is 13.2 Å². The maximum absolute atomic E-state index is 11.4. The van der Waals surface area contributed by atoms with Gasteiger partial charge in [0.25, 0.3) is 0 Å². The minimum absolute atomic E-state index is 0.0243. The highest BCUT2D eigenvalue weighted by molar-refractivity contribution is 5.94. The molecule has 0 heterocycles. The average Bonchev–Trinajstić information content (AvgIpc) is 2.29. The number of nitrogens with two attached hydrogens (primary N) is 1. The Morgan fingerprint density at radius 1 is 1.11 bits per heavy atom. The van der Waals surface area contributed by atoms with Gasteiger partial charge in [0, 0.05) is 12.3 Å². The second kappa shape index (κ2) is 8.80. The number of carbonyl (C=O) groups excluding carboxylic acids is 3. The van der Waals surface area contributed by atoms with Gasteiger partial charge in [-0.2, -0.15) is 0 Å². The predicted octanol–water partition coefficient (Wildman–Crippen LogP) is 0.221. The molecule has 0 saturated carbocycles. The van der Waals surface area contributed by atoms with Crippen molar-refractivity contribution in [1.82, 2.24) is 5.32 Å². The number of primary amides is 1. The minimum Gasteiger partial charge on any atom is -0.463 e. The van der Waals surface area contributed by atoms with Crippen LogP contribution in [0.1, 0.15) is 13.8 Å². The Kier molecular flexibility index (Phi) is 7.67. The van der Waals surface area contributed by atoms with Gasteiger partial charge in [-0.1, -0.05) is 0 Å². The molecular formula is C11H16N2O5. The van der Waals surface area contributed by atoms with E-state index in [4.69, 9.17) is 10.5 Å². The van der Waals surface area contributed by atoms with Gasteiger partial charge in [0.15, 0.2) is 0 Å². The normalized spacial score (nSPS) is 11.1. The summed E-state index contributed by atoms with van der Waals surface area (Å²) in [5.74, 6) is -1.29. The van der Waals surface area contributed by atoms with Crippen LogP contribution in [0.2, 0.25) is 0 Å². The molecule has 0 bridgehead atoms. The SMILES string of the molecule is CCOC(=O)/C=C/C(=CNC(N)=O)C(=O)OCC. The summed E-state index contributed by atoms with van der Waals surface area (Å²) >= 11 is 0. The van der Waals surface area contributed by atoms with Crippen molar-refractivity contribution in [1.29, 1.82) is 0 Å². The molecule has 0 radical (unpaired) electrons. The Bertz CT molecular complexity index is 374. The second-order valence-corrected chi connectivity index (χ2v) is 2.91. The molecule has 0 aromatic rings. The number of esters is 2. The maximum atomic E-state index is 11.4. The van der Waals surface area contributed by atoms with Crippen molar-refractivity contribution in [3.8, 4) is 0 Å². The first kappa shape index (κ1) is 15.7. The van der Waals surface area contributed by atoms with Crippen molar-refractivity contribution in [3.63, 3.8) is 0 Å². The molecule has 0 aromatic heterocycles. The van der Waals surface area contributed by atoms with Crippen LogP contribution in [-0.4, -0.2) is 31.2 Å². The van der Waals surface area contributed by atoms with Gasteiger partial charge in [0.05, 0.1) is 18.8 Å². The number of urea groups is 1. The molecule has 2 amide bonds. The number of hydrogen-bond acceptors (Lipinski definition) is 5. The number of rotatable bonds is 6. The summed E-state index contributed by atoms with van der Waals surface area (Å²) in [6, 6.07) is -0.832. The molecule has 0 aromatic carbocycles. The third-order valence-electron chi connectivity index (χ3n) is 1.57. The lowest BCUT2D eigenvalue weighted by Gasteiger charge is -2.02. The molecule has 0 saturated heterocycles. The van der Waals surface area contributed by atoms with Crippen molar-refractivity contribution < 1.29 is 23.9 Å². The summed E-state index contributed by atoms with van der Waals surface area (Å²) < 4.78 is 9.37. The molecule has 18 heavy (non-hydrogen) atoms. The fourth-order valence-corrected chi connectivity index (χ4v) is 0.887. The van der Waals surface area contributed by atoms with Crippen LogP contribution in [0.25, 0.3) is 0 Å². The predicted molar refractivity (Wildman–Crippen MR) is 63.2 cm³/mol. The lowest BCUT2D eigenvalue weighted by Crippen LogP contribution is -2.25. The Hall–Kier alpha value is -2.31. The van der Waals surface area contributed by atoms with Gasteiger partial charge in [0.2, 0.25) is 0 Å². The van der Waals surface area contributed by atoms with E-state index in [9.17, 15) is 14.4 Å². The highest BCUT2D eigenvalue weighted by Crippen LogP contribution is 2.00. The zero-order chi connectivity index (χ0) is 14.0. The summed E-state index contributed by atoms with van der Waals surface area (Å²) in [5.41, 5.74) is 4.83. The van der Waals surface area contributed by atoms with Crippen molar-refractivity contribution in [3.05, 3.63) is 23.9 Å². The van der Waals surface area contributed by atoms with Crippen LogP contribution >= 0.6 is 0 Å². The van der Waals surface area contributed by atoms with Gasteiger partial charge in [-0.05, 0) is 19.9 Å². The largest absolute Gasteiger partial charge is 0.463 e. The lowest BCUT2D eigenvalue weighted by molar-refractivity contribution is -0.138. The Morgan fingerprint density at radius 2 is 1.72 bits per heavy atom. The van der Waals surface area contributed by atoms with Crippen LogP contribution < -0.4 is 11.1 Å². The van der Waals surface area contributed by atoms with Crippen molar-refractivity contribution in [2.45, 2.75) is 13.8 Å². The molecule has 0 aliphatic heterocycles. The molecule has 0 rings (SSSR count). The number of ether oxygens (including phenoxy) is 2. The zero-order valence-electron chi connectivity index (χ0n) is 10.3. The van der Waals surface area contributed by atoms with E-state index in [0.29, 0.717) is 0 Å². The van der Waals surface area contributed by atoms with Crippen LogP contribution in [0.5, 0.6) is 0 Å². The molecule has 7 heteroatoms. The van der Waals surface area contributed by atoms with E-state index in [0.717, 1.165) is 12.3 Å². The van der Waals surface area contributed by atoms with E-state index in [-0.39, 0.29) is 18.8 Å². The van der Waals surface area contributed by atoms with Gasteiger partial charge >= 0.3 is 18.0 Å². The van der Waals surface area contributed by atoms with E-state index in [1.54, 1.807) is 13.8 Å². The lowest BCUT2D eigenvalue weighted by atomic mass is 10.2. The summed E-state index contributed by atoms with van der Waals surface area (Å²) in [6.07, 6.45) is 3.27. The van der Waals surface area contributed by atoms with Crippen molar-refractivity contribution >= 4 is 18.0 Å². The summed E-state index contributed by atoms with van der Waals surface area (Å²) in [5, 5.41) is 2.11. The molecule has 0 atom stereocenters. The molecule has 0 spiro atoms. The van der Waals surface area contributed by atoms with E-state index >= 15 is 0 Å². The highest BCUT2D eigenvalue weighted by Gasteiger charge is 2.08. The molecule has 0 fully saturated rings. The van der Waals surface area contributed by atoms with Gasteiger partial charge in [-0.15, -0.1) is 0 Å². The first-order valence-corrected chi connectivity index (χ1v) is 5.29. The molecular weight excluding hydrogens is 240 g/mol. The van der Waals surface area contributed by atoms with E-state index < -0.39 is 18.0 Å². The summed E-state index contributed by atoms with van der Waals surface area (Å²) in [7, 11) is 0. The number of hydrogen-bond donors (Lipinski definition) is 2. The molecule has 100 valence electrons. The van der Waals surface area contributed by atoms with Gasteiger partial charge < -0.3 is 20.5 Å². The van der Waals surface area contributed by atoms with Gasteiger partial charge in [-0.3, -0.25) is 0 Å². The Labute approximate surface area is 105 Å². The zero-order valence-corrected chi connectivity index (χ0v) is 10.3. The molecule has 0 aliphatic carbocycles. The van der Waals surface area contributed by atoms with E-state index in [2.05, 4.69) is 10.1 Å². The van der Waals surface area contributed by atoms with Crippen LogP contribution in [-0.2, 0) is 19.1 Å². The average molecular weight is 256 g/mol. The summed E-state index contributed by atoms with van der Waals surface area (Å²) in [6.45, 7) is 3.68. The Balaban J connectivity index is 4.76. The van der Waals surface area contributed by atoms with Crippen LogP contribution in [0.3, 0.4) is 0 Å². The number of nitrogens with one attached hydrogen (secondary N) is 1. The monoisotopic (exact) mass is 256 g/mol. The smallest absolute Gasteiger partial charge is 0.339 e. The van der Waals surface area contributed by atoms with Crippen LogP contribution in [0.15, 0.2) is 23.9 Å². The minimum atomic E-state index is -0.832. The number of amides is 2. The molecule has 0 unspecified atom stereocenters. The van der Waals surface area contributed by atoms with Gasteiger partial charge in [-0.25, -0.2) is 14.4 Å². The number of carbonyl (C=O) groups is 3. The molecule has 3 N–H and O–H groups in total. The first-order valence-electron chi connectivity index (χ1n) is 5.29. The first-order chi connectivity index (χ1) is 8.51.